The fourth-order valence-corrected chi connectivity index (χ4v) is 1.33. The molecule has 80 valence electrons. The number of aryl methyl sites for hydroxylation is 1. The largest absolute Gasteiger partial charge is 0.329 e. The van der Waals surface area contributed by atoms with E-state index in [0.717, 1.165) is 25.3 Å². The van der Waals surface area contributed by atoms with Crippen LogP contribution in [0.2, 0.25) is 0 Å². The van der Waals surface area contributed by atoms with Crippen molar-refractivity contribution in [1.82, 2.24) is 19.9 Å². The van der Waals surface area contributed by atoms with Crippen LogP contribution in [0.1, 0.15) is 5.69 Å². The Morgan fingerprint density at radius 2 is 2.00 bits per heavy atom. The molecule has 1 rings (SSSR count). The summed E-state index contributed by atoms with van der Waals surface area (Å²) in [5.41, 5.74) is 11.9. The standard InChI is InChI=1S/C8H18N6/c1-13-6-8(11-12-13)7-14(4-2-9)5-3-10/h6H,2-5,7,9-10H2,1H3. The second-order valence-electron chi connectivity index (χ2n) is 3.24. The lowest BCUT2D eigenvalue weighted by Gasteiger charge is -2.18. The van der Waals surface area contributed by atoms with Crippen molar-refractivity contribution in [1.29, 1.82) is 0 Å². The van der Waals surface area contributed by atoms with Crippen LogP contribution in [0, 0.1) is 0 Å². The van der Waals surface area contributed by atoms with Gasteiger partial charge in [0.1, 0.15) is 0 Å². The molecule has 0 spiro atoms. The van der Waals surface area contributed by atoms with E-state index >= 15 is 0 Å². The SMILES string of the molecule is Cn1cc(CN(CCN)CCN)nn1. The summed E-state index contributed by atoms with van der Waals surface area (Å²) in [4.78, 5) is 2.17. The summed E-state index contributed by atoms with van der Waals surface area (Å²) >= 11 is 0. The van der Waals surface area contributed by atoms with E-state index in [2.05, 4.69) is 15.2 Å². The summed E-state index contributed by atoms with van der Waals surface area (Å²) in [6.45, 7) is 3.73. The number of hydrogen-bond donors (Lipinski definition) is 2. The second kappa shape index (κ2) is 5.69. The second-order valence-corrected chi connectivity index (χ2v) is 3.24. The van der Waals surface area contributed by atoms with Gasteiger partial charge in [0.25, 0.3) is 0 Å². The Morgan fingerprint density at radius 1 is 1.36 bits per heavy atom. The third-order valence-electron chi connectivity index (χ3n) is 1.93. The summed E-state index contributed by atoms with van der Waals surface area (Å²) in [6.07, 6.45) is 1.90. The average molecular weight is 198 g/mol. The fourth-order valence-electron chi connectivity index (χ4n) is 1.33. The first-order valence-corrected chi connectivity index (χ1v) is 4.74. The first kappa shape index (κ1) is 11.1. The highest BCUT2D eigenvalue weighted by molar-refractivity contribution is 4.91. The van der Waals surface area contributed by atoms with E-state index in [-0.39, 0.29) is 0 Å². The van der Waals surface area contributed by atoms with Crippen molar-refractivity contribution in [3.05, 3.63) is 11.9 Å². The van der Waals surface area contributed by atoms with Crippen LogP contribution >= 0.6 is 0 Å². The van der Waals surface area contributed by atoms with Crippen LogP contribution < -0.4 is 11.5 Å². The lowest BCUT2D eigenvalue weighted by atomic mass is 10.4. The predicted octanol–water partition coefficient (Wildman–Crippen LogP) is -1.47. The topological polar surface area (TPSA) is 86.0 Å². The maximum Gasteiger partial charge on any atom is 0.0967 e. The van der Waals surface area contributed by atoms with E-state index in [9.17, 15) is 0 Å². The highest BCUT2D eigenvalue weighted by Crippen LogP contribution is 1.98. The molecule has 0 fully saturated rings. The van der Waals surface area contributed by atoms with Crippen LogP contribution in [0.4, 0.5) is 0 Å². The minimum Gasteiger partial charge on any atom is -0.329 e. The molecule has 1 heterocycles. The van der Waals surface area contributed by atoms with Gasteiger partial charge in [-0.1, -0.05) is 5.21 Å². The fraction of sp³-hybridized carbons (Fsp3) is 0.750. The molecule has 0 bridgehead atoms. The molecule has 0 amide bonds. The van der Waals surface area contributed by atoms with Gasteiger partial charge in [0.2, 0.25) is 0 Å². The van der Waals surface area contributed by atoms with Gasteiger partial charge in [-0.2, -0.15) is 0 Å². The monoisotopic (exact) mass is 198 g/mol. The Morgan fingerprint density at radius 3 is 2.43 bits per heavy atom. The summed E-state index contributed by atoms with van der Waals surface area (Å²) in [5.74, 6) is 0. The number of rotatable bonds is 6. The van der Waals surface area contributed by atoms with Gasteiger partial charge < -0.3 is 11.5 Å². The molecule has 0 aromatic carbocycles. The highest BCUT2D eigenvalue weighted by atomic mass is 15.4. The molecular formula is C8H18N6. The highest BCUT2D eigenvalue weighted by Gasteiger charge is 2.06. The van der Waals surface area contributed by atoms with Crippen LogP contribution in [-0.4, -0.2) is 46.1 Å². The van der Waals surface area contributed by atoms with E-state index in [1.54, 1.807) is 4.68 Å². The number of hydrogen-bond acceptors (Lipinski definition) is 5. The molecular weight excluding hydrogens is 180 g/mol. The molecule has 0 atom stereocenters. The maximum atomic E-state index is 5.49. The Kier molecular flexibility index (Phi) is 4.51. The van der Waals surface area contributed by atoms with Crippen molar-refractivity contribution in [2.24, 2.45) is 18.5 Å². The van der Waals surface area contributed by atoms with Crippen molar-refractivity contribution >= 4 is 0 Å². The number of nitrogens with zero attached hydrogens (tertiary/aromatic N) is 4. The van der Waals surface area contributed by atoms with Gasteiger partial charge in [0, 0.05) is 46.0 Å². The average Bonchev–Trinajstić information content (AvgIpc) is 2.52. The lowest BCUT2D eigenvalue weighted by Crippen LogP contribution is -2.33. The van der Waals surface area contributed by atoms with E-state index < -0.39 is 0 Å². The van der Waals surface area contributed by atoms with Crippen LogP contribution in [-0.2, 0) is 13.6 Å². The molecule has 6 heteroatoms. The summed E-state index contributed by atoms with van der Waals surface area (Å²) in [5, 5.41) is 7.88. The van der Waals surface area contributed by atoms with E-state index in [4.69, 9.17) is 11.5 Å². The van der Waals surface area contributed by atoms with Gasteiger partial charge in [-0.3, -0.25) is 9.58 Å². The molecule has 0 radical (unpaired) electrons. The molecule has 0 aliphatic rings. The van der Waals surface area contributed by atoms with Crippen LogP contribution in [0.5, 0.6) is 0 Å². The van der Waals surface area contributed by atoms with Crippen LogP contribution in [0.3, 0.4) is 0 Å². The van der Waals surface area contributed by atoms with E-state index in [1.807, 2.05) is 13.2 Å². The zero-order valence-electron chi connectivity index (χ0n) is 8.56. The van der Waals surface area contributed by atoms with Crippen molar-refractivity contribution < 1.29 is 0 Å². The van der Waals surface area contributed by atoms with Crippen LogP contribution in [0.25, 0.3) is 0 Å². The molecule has 1 aromatic heterocycles. The number of nitrogens with two attached hydrogens (primary N) is 2. The van der Waals surface area contributed by atoms with E-state index in [1.165, 1.54) is 0 Å². The molecule has 0 aliphatic carbocycles. The van der Waals surface area contributed by atoms with Crippen LogP contribution in [0.15, 0.2) is 6.20 Å². The Balaban J connectivity index is 2.46. The Labute approximate surface area is 83.9 Å². The van der Waals surface area contributed by atoms with Crippen molar-refractivity contribution in [3.63, 3.8) is 0 Å². The predicted molar refractivity (Wildman–Crippen MR) is 54.4 cm³/mol. The van der Waals surface area contributed by atoms with Gasteiger partial charge in [0.15, 0.2) is 0 Å². The van der Waals surface area contributed by atoms with Gasteiger partial charge in [0.05, 0.1) is 5.69 Å². The normalized spacial score (nSPS) is 11.1. The van der Waals surface area contributed by atoms with Crippen molar-refractivity contribution in [3.8, 4) is 0 Å². The molecule has 0 aliphatic heterocycles. The van der Waals surface area contributed by atoms with Crippen molar-refractivity contribution in [2.45, 2.75) is 6.54 Å². The number of aromatic nitrogens is 3. The van der Waals surface area contributed by atoms with Gasteiger partial charge >= 0.3 is 0 Å². The molecule has 4 N–H and O–H groups in total. The van der Waals surface area contributed by atoms with Gasteiger partial charge in [-0.15, -0.1) is 5.10 Å². The molecule has 0 saturated carbocycles. The molecule has 6 nitrogen and oxygen atoms in total. The minimum absolute atomic E-state index is 0.639. The zero-order valence-corrected chi connectivity index (χ0v) is 8.56. The van der Waals surface area contributed by atoms with E-state index in [0.29, 0.717) is 13.1 Å². The summed E-state index contributed by atoms with van der Waals surface area (Å²) in [6, 6.07) is 0. The lowest BCUT2D eigenvalue weighted by molar-refractivity contribution is 0.277. The minimum atomic E-state index is 0.639. The summed E-state index contributed by atoms with van der Waals surface area (Å²) < 4.78 is 1.69. The molecule has 0 saturated heterocycles. The van der Waals surface area contributed by atoms with Gasteiger partial charge in [-0.25, -0.2) is 0 Å². The third-order valence-corrected chi connectivity index (χ3v) is 1.93. The zero-order chi connectivity index (χ0) is 10.4. The Bertz CT molecular complexity index is 252. The first-order valence-electron chi connectivity index (χ1n) is 4.74. The molecule has 14 heavy (non-hydrogen) atoms. The third kappa shape index (κ3) is 3.41. The first-order chi connectivity index (χ1) is 6.76. The maximum absolute atomic E-state index is 5.49. The smallest absolute Gasteiger partial charge is 0.0967 e. The quantitative estimate of drug-likeness (QED) is 0.583. The van der Waals surface area contributed by atoms with Crippen molar-refractivity contribution in [2.75, 3.05) is 26.2 Å². The molecule has 1 aromatic rings. The summed E-state index contributed by atoms with van der Waals surface area (Å²) in [7, 11) is 1.85. The Hall–Kier alpha value is -0.980. The molecule has 0 unspecified atom stereocenters. The van der Waals surface area contributed by atoms with Gasteiger partial charge in [-0.05, 0) is 0 Å².